The van der Waals surface area contributed by atoms with Gasteiger partial charge in [0.2, 0.25) is 0 Å². The van der Waals surface area contributed by atoms with E-state index in [1.807, 2.05) is 12.1 Å². The standard InChI is InChI=1S/C17H20O2/c1-12(18)11-14-9-10-17(19-14)16-8-4-6-13-5-2-3-7-15(13)16/h4,6,8-10,12,18H,2-3,5,7,11H2,1H3. The number of hydrogen-bond acceptors (Lipinski definition) is 2. The van der Waals surface area contributed by atoms with Crippen LogP contribution in [0.1, 0.15) is 36.7 Å². The third-order valence-electron chi connectivity index (χ3n) is 3.82. The third-order valence-corrected chi connectivity index (χ3v) is 3.82. The number of fused-ring (bicyclic) bond motifs is 1. The number of aliphatic hydroxyl groups is 1. The molecular formula is C17H20O2. The maximum atomic E-state index is 9.42. The Labute approximate surface area is 114 Å². The molecule has 19 heavy (non-hydrogen) atoms. The molecule has 0 bridgehead atoms. The van der Waals surface area contributed by atoms with Gasteiger partial charge in [-0.1, -0.05) is 18.2 Å². The molecule has 1 N–H and O–H groups in total. The van der Waals surface area contributed by atoms with Crippen molar-refractivity contribution in [2.24, 2.45) is 0 Å². The second-order valence-corrected chi connectivity index (χ2v) is 5.47. The van der Waals surface area contributed by atoms with Crippen molar-refractivity contribution in [3.8, 4) is 11.3 Å². The van der Waals surface area contributed by atoms with Crippen molar-refractivity contribution in [2.75, 3.05) is 0 Å². The minimum atomic E-state index is -0.358. The lowest BCUT2D eigenvalue weighted by molar-refractivity contribution is 0.187. The molecule has 100 valence electrons. The van der Waals surface area contributed by atoms with Crippen molar-refractivity contribution in [2.45, 2.75) is 45.1 Å². The highest BCUT2D eigenvalue weighted by molar-refractivity contribution is 5.64. The molecule has 1 aliphatic carbocycles. The summed E-state index contributed by atoms with van der Waals surface area (Å²) in [6.07, 6.45) is 5.12. The molecule has 1 aromatic heterocycles. The summed E-state index contributed by atoms with van der Waals surface area (Å²) in [7, 11) is 0. The van der Waals surface area contributed by atoms with Crippen LogP contribution in [0.2, 0.25) is 0 Å². The lowest BCUT2D eigenvalue weighted by atomic mass is 9.87. The summed E-state index contributed by atoms with van der Waals surface area (Å²) in [4.78, 5) is 0. The van der Waals surface area contributed by atoms with E-state index in [4.69, 9.17) is 4.42 Å². The molecule has 0 amide bonds. The Bertz CT molecular complexity index is 566. The average molecular weight is 256 g/mol. The second-order valence-electron chi connectivity index (χ2n) is 5.47. The van der Waals surface area contributed by atoms with Gasteiger partial charge in [0.25, 0.3) is 0 Å². The first-order valence-electron chi connectivity index (χ1n) is 7.12. The van der Waals surface area contributed by atoms with Gasteiger partial charge in [-0.05, 0) is 55.9 Å². The van der Waals surface area contributed by atoms with Crippen LogP contribution in [-0.4, -0.2) is 11.2 Å². The van der Waals surface area contributed by atoms with Crippen LogP contribution < -0.4 is 0 Å². The summed E-state index contributed by atoms with van der Waals surface area (Å²) in [5.74, 6) is 1.80. The van der Waals surface area contributed by atoms with Gasteiger partial charge in [-0.3, -0.25) is 0 Å². The maximum Gasteiger partial charge on any atom is 0.134 e. The normalized spacial score (nSPS) is 16.1. The van der Waals surface area contributed by atoms with Gasteiger partial charge in [-0.25, -0.2) is 0 Å². The first-order chi connectivity index (χ1) is 9.24. The predicted octanol–water partition coefficient (Wildman–Crippen LogP) is 3.75. The summed E-state index contributed by atoms with van der Waals surface area (Å²) in [5, 5.41) is 9.42. The van der Waals surface area contributed by atoms with E-state index in [0.717, 1.165) is 17.9 Å². The van der Waals surface area contributed by atoms with Crippen LogP contribution in [0.5, 0.6) is 0 Å². The molecule has 0 spiro atoms. The molecule has 0 fully saturated rings. The molecule has 2 heteroatoms. The van der Waals surface area contributed by atoms with Crippen molar-refractivity contribution in [1.82, 2.24) is 0 Å². The van der Waals surface area contributed by atoms with Crippen molar-refractivity contribution in [3.05, 3.63) is 47.2 Å². The molecule has 3 rings (SSSR count). The van der Waals surface area contributed by atoms with E-state index in [-0.39, 0.29) is 6.10 Å². The first kappa shape index (κ1) is 12.5. The van der Waals surface area contributed by atoms with E-state index >= 15 is 0 Å². The zero-order valence-electron chi connectivity index (χ0n) is 11.4. The molecular weight excluding hydrogens is 236 g/mol. The molecule has 1 unspecified atom stereocenters. The van der Waals surface area contributed by atoms with E-state index in [1.54, 1.807) is 6.92 Å². The fourth-order valence-electron chi connectivity index (χ4n) is 2.94. The highest BCUT2D eigenvalue weighted by Gasteiger charge is 2.16. The lowest BCUT2D eigenvalue weighted by Crippen LogP contribution is -2.04. The summed E-state index contributed by atoms with van der Waals surface area (Å²) in [6.45, 7) is 1.78. The third kappa shape index (κ3) is 2.59. The Hall–Kier alpha value is -1.54. The molecule has 1 aromatic carbocycles. The first-order valence-corrected chi connectivity index (χ1v) is 7.12. The van der Waals surface area contributed by atoms with Crippen molar-refractivity contribution < 1.29 is 9.52 Å². The summed E-state index contributed by atoms with van der Waals surface area (Å²) < 4.78 is 5.89. The fourth-order valence-corrected chi connectivity index (χ4v) is 2.94. The van der Waals surface area contributed by atoms with Crippen LogP contribution >= 0.6 is 0 Å². The number of benzene rings is 1. The smallest absolute Gasteiger partial charge is 0.134 e. The van der Waals surface area contributed by atoms with Gasteiger partial charge in [0, 0.05) is 12.0 Å². The number of aliphatic hydroxyl groups excluding tert-OH is 1. The zero-order valence-corrected chi connectivity index (χ0v) is 11.4. The number of rotatable bonds is 3. The van der Waals surface area contributed by atoms with Crippen LogP contribution in [0.15, 0.2) is 34.7 Å². The molecule has 2 aromatic rings. The Morgan fingerprint density at radius 1 is 1.16 bits per heavy atom. The van der Waals surface area contributed by atoms with Gasteiger partial charge in [0.1, 0.15) is 11.5 Å². The van der Waals surface area contributed by atoms with Gasteiger partial charge in [-0.15, -0.1) is 0 Å². The SMILES string of the molecule is CC(O)Cc1ccc(-c2cccc3c2CCCC3)o1. The summed E-state index contributed by atoms with van der Waals surface area (Å²) in [5.41, 5.74) is 4.15. The van der Waals surface area contributed by atoms with Gasteiger partial charge >= 0.3 is 0 Å². The average Bonchev–Trinajstić information content (AvgIpc) is 2.85. The Morgan fingerprint density at radius 2 is 2.00 bits per heavy atom. The van der Waals surface area contributed by atoms with Crippen molar-refractivity contribution >= 4 is 0 Å². The van der Waals surface area contributed by atoms with Crippen LogP contribution in [-0.2, 0) is 19.3 Å². The quantitative estimate of drug-likeness (QED) is 0.907. The van der Waals surface area contributed by atoms with Crippen LogP contribution in [0, 0.1) is 0 Å². The highest BCUT2D eigenvalue weighted by atomic mass is 16.3. The molecule has 0 radical (unpaired) electrons. The second kappa shape index (κ2) is 5.22. The number of aryl methyl sites for hydroxylation is 1. The minimum absolute atomic E-state index is 0.358. The van der Waals surface area contributed by atoms with Gasteiger partial charge < -0.3 is 9.52 Å². The Balaban J connectivity index is 1.95. The largest absolute Gasteiger partial charge is 0.461 e. The van der Waals surface area contributed by atoms with Crippen molar-refractivity contribution in [1.29, 1.82) is 0 Å². The molecule has 1 aliphatic rings. The van der Waals surface area contributed by atoms with E-state index in [1.165, 1.54) is 36.0 Å². The lowest BCUT2D eigenvalue weighted by Gasteiger charge is -2.18. The molecule has 1 heterocycles. The Morgan fingerprint density at radius 3 is 2.84 bits per heavy atom. The highest BCUT2D eigenvalue weighted by Crippen LogP contribution is 2.32. The maximum absolute atomic E-state index is 9.42. The predicted molar refractivity (Wildman–Crippen MR) is 76.2 cm³/mol. The van der Waals surface area contributed by atoms with Crippen molar-refractivity contribution in [3.63, 3.8) is 0 Å². The zero-order chi connectivity index (χ0) is 13.2. The summed E-state index contributed by atoms with van der Waals surface area (Å²) in [6, 6.07) is 10.5. The van der Waals surface area contributed by atoms with Crippen LogP contribution in [0.4, 0.5) is 0 Å². The van der Waals surface area contributed by atoms with E-state index in [9.17, 15) is 5.11 Å². The monoisotopic (exact) mass is 256 g/mol. The fraction of sp³-hybridized carbons (Fsp3) is 0.412. The van der Waals surface area contributed by atoms with Gasteiger partial charge in [0.15, 0.2) is 0 Å². The van der Waals surface area contributed by atoms with Gasteiger partial charge in [0.05, 0.1) is 6.10 Å². The van der Waals surface area contributed by atoms with E-state index < -0.39 is 0 Å². The van der Waals surface area contributed by atoms with Crippen LogP contribution in [0.3, 0.4) is 0 Å². The minimum Gasteiger partial charge on any atom is -0.461 e. The molecule has 0 aliphatic heterocycles. The topological polar surface area (TPSA) is 33.4 Å². The summed E-state index contributed by atoms with van der Waals surface area (Å²) >= 11 is 0. The molecule has 1 atom stereocenters. The van der Waals surface area contributed by atoms with Gasteiger partial charge in [-0.2, -0.15) is 0 Å². The molecule has 2 nitrogen and oxygen atoms in total. The van der Waals surface area contributed by atoms with E-state index in [0.29, 0.717) is 6.42 Å². The molecule has 0 saturated carbocycles. The van der Waals surface area contributed by atoms with E-state index in [2.05, 4.69) is 18.2 Å². The van der Waals surface area contributed by atoms with Crippen LogP contribution in [0.25, 0.3) is 11.3 Å². The Kier molecular flexibility index (Phi) is 3.43. The number of furan rings is 1. The number of hydrogen-bond donors (Lipinski definition) is 1. The molecule has 0 saturated heterocycles.